The average molecular weight is 489 g/mol. The topological polar surface area (TPSA) is 237 Å². The number of aromatic nitrogens is 2. The van der Waals surface area contributed by atoms with Gasteiger partial charge < -0.3 is 42.0 Å². The van der Waals surface area contributed by atoms with E-state index in [1.165, 1.54) is 19.4 Å². The number of hydrogen-bond acceptors (Lipinski definition) is 9. The van der Waals surface area contributed by atoms with Gasteiger partial charge in [-0.15, -0.1) is 0 Å². The maximum absolute atomic E-state index is 12.8. The number of nitrogens with one attached hydrogen (secondary N) is 4. The second kappa shape index (κ2) is 13.4. The van der Waals surface area contributed by atoms with E-state index >= 15 is 0 Å². The molecule has 0 saturated heterocycles. The minimum Gasteiger partial charge on any atom is -0.481 e. The summed E-state index contributed by atoms with van der Waals surface area (Å²) in [4.78, 5) is 66.5. The van der Waals surface area contributed by atoms with Crippen molar-refractivity contribution in [2.45, 2.75) is 56.5 Å². The van der Waals surface area contributed by atoms with Crippen LogP contribution < -0.4 is 21.7 Å². The summed E-state index contributed by atoms with van der Waals surface area (Å²) >= 11 is 3.90. The van der Waals surface area contributed by atoms with Crippen LogP contribution in [0.4, 0.5) is 0 Å². The predicted octanol–water partition coefficient (Wildman–Crippen LogP) is -3.01. The van der Waals surface area contributed by atoms with E-state index in [-0.39, 0.29) is 18.6 Å². The van der Waals surface area contributed by atoms with Gasteiger partial charge >= 0.3 is 11.9 Å². The number of carbonyl (C=O) groups is 5. The molecular weight excluding hydrogens is 460 g/mol. The van der Waals surface area contributed by atoms with Gasteiger partial charge in [-0.25, -0.2) is 9.78 Å². The molecule has 0 bridgehead atoms. The molecule has 9 N–H and O–H groups in total. The van der Waals surface area contributed by atoms with Crippen LogP contribution in [0, 0.1) is 0 Å². The molecular formula is C18H28N6O8S. The van der Waals surface area contributed by atoms with E-state index in [9.17, 15) is 34.2 Å². The van der Waals surface area contributed by atoms with Gasteiger partial charge in [-0.3, -0.25) is 19.2 Å². The van der Waals surface area contributed by atoms with Crippen molar-refractivity contribution < 1.29 is 39.3 Å². The molecule has 5 unspecified atom stereocenters. The molecule has 14 nitrogen and oxygen atoms in total. The standard InChI is InChI=1S/C18H28N6O8S/c1-8(25)14(18(31)32)24-17(30)12(4-9-5-20-7-21-9)23-16(29)11(2-3-13(26)27)22-15(28)10(19)6-33/h5,7-8,10-12,14,25,33H,2-4,6,19H2,1H3,(H,20,21)(H,22,28)(H,23,29)(H,24,30)(H,26,27)(H,31,32). The quantitative estimate of drug-likeness (QED) is 0.120. The molecule has 0 radical (unpaired) electrons. The number of aromatic amines is 1. The molecule has 15 heteroatoms. The predicted molar refractivity (Wildman–Crippen MR) is 116 cm³/mol. The molecule has 0 aliphatic carbocycles. The second-order valence-electron chi connectivity index (χ2n) is 7.19. The van der Waals surface area contributed by atoms with E-state index in [1.54, 1.807) is 0 Å². The zero-order chi connectivity index (χ0) is 25.1. The Hall–Kier alpha value is -3.17. The van der Waals surface area contributed by atoms with Gasteiger partial charge in [0, 0.05) is 30.5 Å². The molecule has 0 aliphatic heterocycles. The number of amides is 3. The summed E-state index contributed by atoms with van der Waals surface area (Å²) in [5.41, 5.74) is 6.00. The van der Waals surface area contributed by atoms with Gasteiger partial charge in [-0.1, -0.05) is 0 Å². The molecule has 0 spiro atoms. The summed E-state index contributed by atoms with van der Waals surface area (Å²) in [6.45, 7) is 1.17. The average Bonchev–Trinajstić information content (AvgIpc) is 3.25. The lowest BCUT2D eigenvalue weighted by Crippen LogP contribution is -2.59. The lowest BCUT2D eigenvalue weighted by atomic mass is 10.1. The van der Waals surface area contributed by atoms with Crippen LogP contribution in [0.2, 0.25) is 0 Å². The lowest BCUT2D eigenvalue weighted by Gasteiger charge is -2.25. The van der Waals surface area contributed by atoms with Crippen molar-refractivity contribution >= 4 is 42.3 Å². The summed E-state index contributed by atoms with van der Waals surface area (Å²) < 4.78 is 0. The molecule has 184 valence electrons. The Morgan fingerprint density at radius 1 is 1.09 bits per heavy atom. The number of aliphatic hydroxyl groups excluding tert-OH is 1. The Morgan fingerprint density at radius 3 is 2.18 bits per heavy atom. The molecule has 0 aromatic carbocycles. The van der Waals surface area contributed by atoms with E-state index in [4.69, 9.17) is 10.8 Å². The smallest absolute Gasteiger partial charge is 0.328 e. The summed E-state index contributed by atoms with van der Waals surface area (Å²) in [5.74, 6) is -5.29. The fourth-order valence-corrected chi connectivity index (χ4v) is 2.80. The van der Waals surface area contributed by atoms with Crippen molar-refractivity contribution in [1.82, 2.24) is 25.9 Å². The van der Waals surface area contributed by atoms with Crippen LogP contribution in [0.25, 0.3) is 0 Å². The number of nitrogens with zero attached hydrogens (tertiary/aromatic N) is 1. The second-order valence-corrected chi connectivity index (χ2v) is 7.56. The Labute approximate surface area is 194 Å². The Kier molecular flexibility index (Phi) is 11.3. The highest BCUT2D eigenvalue weighted by Crippen LogP contribution is 2.05. The maximum atomic E-state index is 12.8. The minimum absolute atomic E-state index is 0.0279. The normalized spacial score (nSPS) is 15.4. The number of aliphatic hydroxyl groups is 1. The zero-order valence-corrected chi connectivity index (χ0v) is 18.6. The van der Waals surface area contributed by atoms with Crippen molar-refractivity contribution in [3.05, 3.63) is 18.2 Å². The molecule has 1 aromatic heterocycles. The van der Waals surface area contributed by atoms with Crippen molar-refractivity contribution in [1.29, 1.82) is 0 Å². The lowest BCUT2D eigenvalue weighted by molar-refractivity contribution is -0.145. The first-order valence-corrected chi connectivity index (χ1v) is 10.5. The first-order valence-electron chi connectivity index (χ1n) is 9.83. The maximum Gasteiger partial charge on any atom is 0.328 e. The molecule has 3 amide bonds. The van der Waals surface area contributed by atoms with Crippen LogP contribution in [-0.4, -0.2) is 91.0 Å². The van der Waals surface area contributed by atoms with Crippen LogP contribution in [0.5, 0.6) is 0 Å². The van der Waals surface area contributed by atoms with Crippen LogP contribution in [0.3, 0.4) is 0 Å². The number of aliphatic carboxylic acids is 2. The molecule has 0 saturated carbocycles. The van der Waals surface area contributed by atoms with Gasteiger partial charge in [0.15, 0.2) is 6.04 Å². The highest BCUT2D eigenvalue weighted by molar-refractivity contribution is 7.80. The van der Waals surface area contributed by atoms with Crippen LogP contribution in [0.15, 0.2) is 12.5 Å². The number of rotatable bonds is 14. The fourth-order valence-electron chi connectivity index (χ4n) is 2.64. The Bertz CT molecular complexity index is 834. The number of hydrogen-bond donors (Lipinski definition) is 9. The third-order valence-corrected chi connectivity index (χ3v) is 4.86. The molecule has 1 heterocycles. The Morgan fingerprint density at radius 2 is 1.70 bits per heavy atom. The molecule has 5 atom stereocenters. The van der Waals surface area contributed by atoms with Gasteiger partial charge in [-0.05, 0) is 13.3 Å². The van der Waals surface area contributed by atoms with E-state index < -0.39 is 66.4 Å². The van der Waals surface area contributed by atoms with Gasteiger partial charge in [0.05, 0.1) is 18.5 Å². The van der Waals surface area contributed by atoms with Crippen molar-refractivity contribution in [3.8, 4) is 0 Å². The van der Waals surface area contributed by atoms with Crippen molar-refractivity contribution in [3.63, 3.8) is 0 Å². The van der Waals surface area contributed by atoms with Gasteiger partial charge in [0.25, 0.3) is 0 Å². The number of nitrogens with two attached hydrogens (primary N) is 1. The largest absolute Gasteiger partial charge is 0.481 e. The van der Waals surface area contributed by atoms with E-state index in [0.717, 1.165) is 0 Å². The third kappa shape index (κ3) is 9.46. The Balaban J connectivity index is 3.07. The summed E-state index contributed by atoms with van der Waals surface area (Å²) in [6, 6.07) is -5.39. The van der Waals surface area contributed by atoms with E-state index in [0.29, 0.717) is 5.69 Å². The number of imidazole rings is 1. The number of carboxylic acids is 2. The zero-order valence-electron chi connectivity index (χ0n) is 17.7. The molecule has 0 aliphatic rings. The summed E-state index contributed by atoms with van der Waals surface area (Å²) in [7, 11) is 0. The third-order valence-electron chi connectivity index (χ3n) is 4.47. The molecule has 1 aromatic rings. The van der Waals surface area contributed by atoms with Crippen molar-refractivity contribution in [2.75, 3.05) is 5.75 Å². The number of thiol groups is 1. The highest BCUT2D eigenvalue weighted by Gasteiger charge is 2.32. The number of H-pyrrole nitrogens is 1. The molecule has 33 heavy (non-hydrogen) atoms. The molecule has 1 rings (SSSR count). The van der Waals surface area contributed by atoms with Crippen molar-refractivity contribution in [2.24, 2.45) is 5.73 Å². The fraction of sp³-hybridized carbons (Fsp3) is 0.556. The monoisotopic (exact) mass is 488 g/mol. The first kappa shape index (κ1) is 27.9. The summed E-state index contributed by atoms with van der Waals surface area (Å²) in [5, 5.41) is 34.6. The molecule has 0 fully saturated rings. The minimum atomic E-state index is -1.64. The number of carbonyl (C=O) groups excluding carboxylic acids is 3. The van der Waals surface area contributed by atoms with Crippen LogP contribution >= 0.6 is 12.6 Å². The first-order chi connectivity index (χ1) is 15.5. The van der Waals surface area contributed by atoms with Gasteiger partial charge in [0.2, 0.25) is 17.7 Å². The van der Waals surface area contributed by atoms with Crippen LogP contribution in [-0.2, 0) is 30.4 Å². The highest BCUT2D eigenvalue weighted by atomic mass is 32.1. The SMILES string of the molecule is CC(O)C(NC(=O)C(Cc1cnc[nH]1)NC(=O)C(CCC(=O)O)NC(=O)C(N)CS)C(=O)O. The van der Waals surface area contributed by atoms with E-state index in [1.807, 2.05) is 0 Å². The van der Waals surface area contributed by atoms with Crippen LogP contribution in [0.1, 0.15) is 25.5 Å². The van der Waals surface area contributed by atoms with Gasteiger partial charge in [0.1, 0.15) is 12.1 Å². The van der Waals surface area contributed by atoms with E-state index in [2.05, 4.69) is 38.5 Å². The van der Waals surface area contributed by atoms with Gasteiger partial charge in [-0.2, -0.15) is 12.6 Å². The number of carboxylic acid groups (broad SMARTS) is 2. The summed E-state index contributed by atoms with van der Waals surface area (Å²) in [6.07, 6.45) is 0.382.